The lowest BCUT2D eigenvalue weighted by Crippen LogP contribution is -2.33. The molecule has 0 fully saturated rings. The lowest BCUT2D eigenvalue weighted by Gasteiger charge is -2.26. The predicted molar refractivity (Wildman–Crippen MR) is 87.2 cm³/mol. The maximum Gasteiger partial charge on any atom is 0.258 e. The van der Waals surface area contributed by atoms with Crippen LogP contribution in [-0.2, 0) is 10.0 Å². The van der Waals surface area contributed by atoms with Gasteiger partial charge in [0.1, 0.15) is 10.0 Å². The van der Waals surface area contributed by atoms with E-state index in [4.69, 9.17) is 5.73 Å². The Hall–Kier alpha value is -1.77. The summed E-state index contributed by atoms with van der Waals surface area (Å²) in [7, 11) is -3.77. The zero-order chi connectivity index (χ0) is 17.2. The summed E-state index contributed by atoms with van der Waals surface area (Å²) in [6.07, 6.45) is 0. The van der Waals surface area contributed by atoms with Crippen molar-refractivity contribution in [2.45, 2.75) is 24.1 Å². The Bertz CT molecular complexity index is 800. The molecule has 8 heteroatoms. The van der Waals surface area contributed by atoms with Gasteiger partial charge in [-0.3, -0.25) is 4.79 Å². The Morgan fingerprint density at radius 2 is 1.87 bits per heavy atom. The summed E-state index contributed by atoms with van der Waals surface area (Å²) < 4.78 is 40.0. The van der Waals surface area contributed by atoms with E-state index in [1.165, 1.54) is 28.6 Å². The van der Waals surface area contributed by atoms with Crippen LogP contribution in [0.3, 0.4) is 0 Å². The SMILES string of the molecule is CCN(C(C)c1ccc(F)cc1)S(=O)(=O)c1ccc(C(N)=O)s1. The number of halogens is 1. The second-order valence-electron chi connectivity index (χ2n) is 4.92. The van der Waals surface area contributed by atoms with E-state index in [-0.39, 0.29) is 21.4 Å². The van der Waals surface area contributed by atoms with Gasteiger partial charge in [-0.2, -0.15) is 4.31 Å². The number of carbonyl (C=O) groups is 1. The van der Waals surface area contributed by atoms with Gasteiger partial charge in [-0.15, -0.1) is 11.3 Å². The Morgan fingerprint density at radius 1 is 1.26 bits per heavy atom. The molecule has 1 unspecified atom stereocenters. The van der Waals surface area contributed by atoms with E-state index >= 15 is 0 Å². The summed E-state index contributed by atoms with van der Waals surface area (Å²) in [5, 5.41) is 0. The van der Waals surface area contributed by atoms with Gasteiger partial charge < -0.3 is 5.73 Å². The fourth-order valence-electron chi connectivity index (χ4n) is 2.27. The summed E-state index contributed by atoms with van der Waals surface area (Å²) in [5.41, 5.74) is 5.86. The molecular weight excluding hydrogens is 339 g/mol. The minimum absolute atomic E-state index is 0.0575. The van der Waals surface area contributed by atoms with Gasteiger partial charge in [0.25, 0.3) is 15.9 Å². The van der Waals surface area contributed by atoms with Gasteiger partial charge in [0.05, 0.1) is 4.88 Å². The van der Waals surface area contributed by atoms with Crippen LogP contribution in [0.2, 0.25) is 0 Å². The van der Waals surface area contributed by atoms with Gasteiger partial charge in [-0.25, -0.2) is 12.8 Å². The zero-order valence-corrected chi connectivity index (χ0v) is 14.3. The van der Waals surface area contributed by atoms with E-state index < -0.39 is 22.0 Å². The van der Waals surface area contributed by atoms with Crippen molar-refractivity contribution in [1.29, 1.82) is 0 Å². The highest BCUT2D eigenvalue weighted by molar-refractivity contribution is 7.91. The summed E-state index contributed by atoms with van der Waals surface area (Å²) >= 11 is 0.843. The number of hydrogen-bond donors (Lipinski definition) is 1. The van der Waals surface area contributed by atoms with Crippen molar-refractivity contribution in [2.75, 3.05) is 6.54 Å². The van der Waals surface area contributed by atoms with Crippen LogP contribution in [0.5, 0.6) is 0 Å². The third-order valence-electron chi connectivity index (χ3n) is 3.48. The lowest BCUT2D eigenvalue weighted by molar-refractivity contribution is 0.100. The molecule has 0 aliphatic rings. The van der Waals surface area contributed by atoms with Crippen LogP contribution < -0.4 is 5.73 Å². The van der Waals surface area contributed by atoms with E-state index in [0.717, 1.165) is 11.3 Å². The Kier molecular flexibility index (Phi) is 5.18. The molecule has 0 radical (unpaired) electrons. The highest BCUT2D eigenvalue weighted by Crippen LogP contribution is 2.30. The van der Waals surface area contributed by atoms with Crippen LogP contribution in [0, 0.1) is 5.82 Å². The van der Waals surface area contributed by atoms with E-state index in [1.54, 1.807) is 26.0 Å². The summed E-state index contributed by atoms with van der Waals surface area (Å²) in [6, 6.07) is 8.01. The maximum absolute atomic E-state index is 13.0. The number of nitrogens with two attached hydrogens (primary N) is 1. The quantitative estimate of drug-likeness (QED) is 0.864. The third kappa shape index (κ3) is 3.60. The van der Waals surface area contributed by atoms with E-state index in [9.17, 15) is 17.6 Å². The summed E-state index contributed by atoms with van der Waals surface area (Å²) in [6.45, 7) is 3.70. The number of sulfonamides is 1. The Morgan fingerprint density at radius 3 is 2.35 bits per heavy atom. The van der Waals surface area contributed by atoms with Gasteiger partial charge in [-0.1, -0.05) is 19.1 Å². The molecule has 0 saturated carbocycles. The van der Waals surface area contributed by atoms with E-state index in [0.29, 0.717) is 5.56 Å². The molecule has 2 N–H and O–H groups in total. The van der Waals surface area contributed by atoms with Crippen LogP contribution >= 0.6 is 11.3 Å². The Labute approximate surface area is 138 Å². The van der Waals surface area contributed by atoms with Crippen molar-refractivity contribution >= 4 is 27.3 Å². The van der Waals surface area contributed by atoms with Gasteiger partial charge in [0.15, 0.2) is 0 Å². The number of hydrogen-bond acceptors (Lipinski definition) is 4. The molecule has 124 valence electrons. The second kappa shape index (κ2) is 6.77. The molecule has 1 aromatic carbocycles. The number of thiophene rings is 1. The average Bonchev–Trinajstić information content (AvgIpc) is 2.99. The molecule has 1 amide bonds. The number of benzene rings is 1. The largest absolute Gasteiger partial charge is 0.365 e. The molecule has 0 saturated heterocycles. The van der Waals surface area contributed by atoms with Gasteiger partial charge in [0, 0.05) is 12.6 Å². The first-order valence-corrected chi connectivity index (χ1v) is 9.20. The minimum atomic E-state index is -3.77. The number of amides is 1. The summed E-state index contributed by atoms with van der Waals surface area (Å²) in [4.78, 5) is 11.3. The molecule has 5 nitrogen and oxygen atoms in total. The number of primary amides is 1. The van der Waals surface area contributed by atoms with Gasteiger partial charge in [-0.05, 0) is 36.8 Å². The molecule has 0 aliphatic carbocycles. The van der Waals surface area contributed by atoms with Gasteiger partial charge >= 0.3 is 0 Å². The van der Waals surface area contributed by atoms with Crippen LogP contribution in [0.15, 0.2) is 40.6 Å². The van der Waals surface area contributed by atoms with Crippen molar-refractivity contribution in [2.24, 2.45) is 5.73 Å². The van der Waals surface area contributed by atoms with Gasteiger partial charge in [0.2, 0.25) is 0 Å². The zero-order valence-electron chi connectivity index (χ0n) is 12.7. The van der Waals surface area contributed by atoms with Crippen molar-refractivity contribution < 1.29 is 17.6 Å². The monoisotopic (exact) mass is 356 g/mol. The Balaban J connectivity index is 2.37. The van der Waals surface area contributed by atoms with Crippen LogP contribution in [0.1, 0.15) is 35.1 Å². The molecule has 0 spiro atoms. The average molecular weight is 356 g/mol. The molecule has 1 atom stereocenters. The van der Waals surface area contributed by atoms with E-state index in [2.05, 4.69) is 0 Å². The predicted octanol–water partition coefficient (Wildman–Crippen LogP) is 2.76. The first kappa shape index (κ1) is 17.6. The molecule has 0 bridgehead atoms. The first-order valence-electron chi connectivity index (χ1n) is 6.94. The normalized spacial score (nSPS) is 13.2. The van der Waals surface area contributed by atoms with Crippen LogP contribution in [-0.4, -0.2) is 25.2 Å². The summed E-state index contributed by atoms with van der Waals surface area (Å²) in [5.74, 6) is -1.04. The minimum Gasteiger partial charge on any atom is -0.365 e. The van der Waals surface area contributed by atoms with Crippen LogP contribution in [0.25, 0.3) is 0 Å². The maximum atomic E-state index is 13.0. The molecule has 0 aliphatic heterocycles. The smallest absolute Gasteiger partial charge is 0.258 e. The molecular formula is C15H17FN2O3S2. The molecule has 2 rings (SSSR count). The van der Waals surface area contributed by atoms with E-state index in [1.807, 2.05) is 0 Å². The van der Waals surface area contributed by atoms with Crippen molar-refractivity contribution in [3.05, 3.63) is 52.7 Å². The van der Waals surface area contributed by atoms with Crippen molar-refractivity contribution in [1.82, 2.24) is 4.31 Å². The van der Waals surface area contributed by atoms with Crippen molar-refractivity contribution in [3.8, 4) is 0 Å². The standard InChI is InChI=1S/C15H17FN2O3S2/c1-3-18(10(2)11-4-6-12(16)7-5-11)23(20,21)14-9-8-13(22-14)15(17)19/h4-10H,3H2,1-2H3,(H2,17,19). The fourth-order valence-corrected chi connectivity index (χ4v) is 5.18. The molecule has 2 aromatic rings. The molecule has 1 aromatic heterocycles. The number of nitrogens with zero attached hydrogens (tertiary/aromatic N) is 1. The lowest BCUT2D eigenvalue weighted by atomic mass is 10.1. The number of carbonyl (C=O) groups excluding carboxylic acids is 1. The topological polar surface area (TPSA) is 80.5 Å². The molecule has 1 heterocycles. The third-order valence-corrected chi connectivity index (χ3v) is 7.10. The molecule has 23 heavy (non-hydrogen) atoms. The first-order chi connectivity index (χ1) is 10.8. The highest BCUT2D eigenvalue weighted by atomic mass is 32.2. The number of rotatable bonds is 6. The van der Waals surface area contributed by atoms with Crippen LogP contribution in [0.4, 0.5) is 4.39 Å². The van der Waals surface area contributed by atoms with Crippen molar-refractivity contribution in [3.63, 3.8) is 0 Å². The highest BCUT2D eigenvalue weighted by Gasteiger charge is 2.30. The fraction of sp³-hybridized carbons (Fsp3) is 0.267. The second-order valence-corrected chi connectivity index (χ2v) is 8.12.